The maximum Gasteiger partial charge on any atom is 0.0543 e. The third-order valence-electron chi connectivity index (χ3n) is 3.94. The van der Waals surface area contributed by atoms with Gasteiger partial charge in [-0.1, -0.05) is 44.0 Å². The Bertz CT molecular complexity index is 324. The van der Waals surface area contributed by atoms with E-state index in [-0.39, 0.29) is 6.10 Å². The van der Waals surface area contributed by atoms with Crippen molar-refractivity contribution in [2.24, 2.45) is 0 Å². The molecule has 0 aromatic heterocycles. The van der Waals surface area contributed by atoms with Crippen LogP contribution in [0.4, 0.5) is 0 Å². The predicted octanol–water partition coefficient (Wildman–Crippen LogP) is 4.05. The van der Waals surface area contributed by atoms with Crippen LogP contribution in [0.1, 0.15) is 62.5 Å². The summed E-state index contributed by atoms with van der Waals surface area (Å²) in [6.45, 7) is 2.12. The number of rotatable bonds is 6. The highest BCUT2D eigenvalue weighted by Gasteiger charge is 2.18. The van der Waals surface area contributed by atoms with E-state index in [4.69, 9.17) is 0 Å². The molecule has 1 aromatic carbocycles. The number of hydrogen-bond acceptors (Lipinski definition) is 1. The molecule has 1 fully saturated rings. The number of aliphatic hydroxyl groups excluding tert-OH is 1. The van der Waals surface area contributed by atoms with Crippen molar-refractivity contribution in [3.63, 3.8) is 0 Å². The molecule has 1 aromatic rings. The van der Waals surface area contributed by atoms with Crippen molar-refractivity contribution in [2.45, 2.75) is 63.9 Å². The standard InChI is InChI=1S/C16H24O/c1-2-4-16(17)12-9-13-7-10-15(11-8-13)14-5-3-6-14/h7-8,10-11,14,16-17H,2-6,9,12H2,1H3. The normalized spacial score (nSPS) is 17.8. The maximum atomic E-state index is 9.70. The van der Waals surface area contributed by atoms with Gasteiger partial charge in [0.1, 0.15) is 0 Å². The molecule has 0 radical (unpaired) electrons. The Kier molecular flexibility index (Phi) is 4.61. The summed E-state index contributed by atoms with van der Waals surface area (Å²) in [5, 5.41) is 9.70. The summed E-state index contributed by atoms with van der Waals surface area (Å²) in [7, 11) is 0. The van der Waals surface area contributed by atoms with Crippen LogP contribution in [0.15, 0.2) is 24.3 Å². The molecule has 0 saturated heterocycles. The van der Waals surface area contributed by atoms with Crippen LogP contribution in [0.2, 0.25) is 0 Å². The lowest BCUT2D eigenvalue weighted by molar-refractivity contribution is 0.154. The number of benzene rings is 1. The molecule has 0 aliphatic heterocycles. The van der Waals surface area contributed by atoms with Gasteiger partial charge in [-0.15, -0.1) is 0 Å². The topological polar surface area (TPSA) is 20.2 Å². The molecule has 94 valence electrons. The number of aliphatic hydroxyl groups is 1. The van der Waals surface area contributed by atoms with E-state index in [1.54, 1.807) is 0 Å². The molecule has 17 heavy (non-hydrogen) atoms. The third kappa shape index (κ3) is 3.57. The van der Waals surface area contributed by atoms with Crippen LogP contribution in [-0.2, 0) is 6.42 Å². The SMILES string of the molecule is CCCC(O)CCc1ccc(C2CCC2)cc1. The molecule has 1 atom stereocenters. The van der Waals surface area contributed by atoms with Gasteiger partial charge in [0.25, 0.3) is 0 Å². The smallest absolute Gasteiger partial charge is 0.0543 e. The molecule has 0 amide bonds. The highest BCUT2D eigenvalue weighted by molar-refractivity contribution is 5.26. The lowest BCUT2D eigenvalue weighted by Crippen LogP contribution is -2.09. The second-order valence-electron chi connectivity index (χ2n) is 5.35. The highest BCUT2D eigenvalue weighted by Crippen LogP contribution is 2.36. The molecule has 0 heterocycles. The molecule has 2 rings (SSSR count). The number of hydrogen-bond donors (Lipinski definition) is 1. The third-order valence-corrected chi connectivity index (χ3v) is 3.94. The van der Waals surface area contributed by atoms with Crippen molar-refractivity contribution in [1.82, 2.24) is 0 Å². The van der Waals surface area contributed by atoms with Crippen molar-refractivity contribution in [2.75, 3.05) is 0 Å². The summed E-state index contributed by atoms with van der Waals surface area (Å²) < 4.78 is 0. The van der Waals surface area contributed by atoms with Crippen LogP contribution in [0, 0.1) is 0 Å². The van der Waals surface area contributed by atoms with E-state index < -0.39 is 0 Å². The van der Waals surface area contributed by atoms with Gasteiger partial charge >= 0.3 is 0 Å². The molecule has 0 bridgehead atoms. The van der Waals surface area contributed by atoms with Gasteiger partial charge in [0.15, 0.2) is 0 Å². The summed E-state index contributed by atoms with van der Waals surface area (Å²) in [6.07, 6.45) is 7.93. The molecular formula is C16H24O. The Labute approximate surface area is 105 Å². The Balaban J connectivity index is 1.81. The van der Waals surface area contributed by atoms with E-state index in [2.05, 4.69) is 31.2 Å². The first-order chi connectivity index (χ1) is 8.29. The summed E-state index contributed by atoms with van der Waals surface area (Å²) in [5.74, 6) is 0.828. The average Bonchev–Trinajstić information content (AvgIpc) is 2.26. The fraction of sp³-hybridized carbons (Fsp3) is 0.625. The van der Waals surface area contributed by atoms with Crippen LogP contribution in [0.3, 0.4) is 0 Å². The summed E-state index contributed by atoms with van der Waals surface area (Å²) in [5.41, 5.74) is 2.87. The van der Waals surface area contributed by atoms with Gasteiger partial charge in [-0.05, 0) is 49.1 Å². The summed E-state index contributed by atoms with van der Waals surface area (Å²) in [4.78, 5) is 0. The zero-order valence-corrected chi connectivity index (χ0v) is 10.9. The summed E-state index contributed by atoms with van der Waals surface area (Å²) >= 11 is 0. The van der Waals surface area contributed by atoms with E-state index in [9.17, 15) is 5.11 Å². The lowest BCUT2D eigenvalue weighted by Gasteiger charge is -2.25. The first kappa shape index (κ1) is 12.6. The van der Waals surface area contributed by atoms with Gasteiger partial charge in [0.05, 0.1) is 6.10 Å². The molecule has 1 saturated carbocycles. The predicted molar refractivity (Wildman–Crippen MR) is 72.3 cm³/mol. The van der Waals surface area contributed by atoms with Crippen LogP contribution in [-0.4, -0.2) is 11.2 Å². The highest BCUT2D eigenvalue weighted by atomic mass is 16.3. The molecule has 1 heteroatoms. The molecular weight excluding hydrogens is 208 g/mol. The minimum atomic E-state index is -0.119. The minimum Gasteiger partial charge on any atom is -0.393 e. The molecule has 1 aliphatic rings. The molecule has 1 aliphatic carbocycles. The fourth-order valence-corrected chi connectivity index (χ4v) is 2.51. The second kappa shape index (κ2) is 6.20. The van der Waals surface area contributed by atoms with Gasteiger partial charge in [0.2, 0.25) is 0 Å². The minimum absolute atomic E-state index is 0.119. The van der Waals surface area contributed by atoms with Crippen molar-refractivity contribution in [3.8, 4) is 0 Å². The molecule has 0 spiro atoms. The zero-order chi connectivity index (χ0) is 12.1. The average molecular weight is 232 g/mol. The molecule has 1 unspecified atom stereocenters. The van der Waals surface area contributed by atoms with Gasteiger partial charge in [-0.3, -0.25) is 0 Å². The van der Waals surface area contributed by atoms with Crippen molar-refractivity contribution < 1.29 is 5.11 Å². The quantitative estimate of drug-likeness (QED) is 0.784. The largest absolute Gasteiger partial charge is 0.393 e. The first-order valence-corrected chi connectivity index (χ1v) is 7.06. The fourth-order valence-electron chi connectivity index (χ4n) is 2.51. The summed E-state index contributed by atoms with van der Waals surface area (Å²) in [6, 6.07) is 9.05. The Hall–Kier alpha value is -0.820. The van der Waals surface area contributed by atoms with Gasteiger partial charge in [-0.25, -0.2) is 0 Å². The van der Waals surface area contributed by atoms with Crippen LogP contribution in [0.5, 0.6) is 0 Å². The van der Waals surface area contributed by atoms with E-state index in [0.29, 0.717) is 0 Å². The Morgan fingerprint density at radius 2 is 1.88 bits per heavy atom. The van der Waals surface area contributed by atoms with E-state index in [1.165, 1.54) is 30.4 Å². The van der Waals surface area contributed by atoms with Crippen LogP contribution >= 0.6 is 0 Å². The van der Waals surface area contributed by atoms with Crippen molar-refractivity contribution in [3.05, 3.63) is 35.4 Å². The van der Waals surface area contributed by atoms with Crippen molar-refractivity contribution >= 4 is 0 Å². The van der Waals surface area contributed by atoms with Gasteiger partial charge < -0.3 is 5.11 Å². The molecule has 1 N–H and O–H groups in total. The van der Waals surface area contributed by atoms with E-state index in [1.807, 2.05) is 0 Å². The maximum absolute atomic E-state index is 9.70. The molecule has 1 nitrogen and oxygen atoms in total. The van der Waals surface area contributed by atoms with Crippen LogP contribution in [0.25, 0.3) is 0 Å². The van der Waals surface area contributed by atoms with Crippen LogP contribution < -0.4 is 0 Å². The monoisotopic (exact) mass is 232 g/mol. The Morgan fingerprint density at radius 3 is 2.41 bits per heavy atom. The zero-order valence-electron chi connectivity index (χ0n) is 10.9. The van der Waals surface area contributed by atoms with E-state index >= 15 is 0 Å². The second-order valence-corrected chi connectivity index (χ2v) is 5.35. The lowest BCUT2D eigenvalue weighted by atomic mass is 9.80. The first-order valence-electron chi connectivity index (χ1n) is 7.06. The van der Waals surface area contributed by atoms with Gasteiger partial charge in [0, 0.05) is 0 Å². The Morgan fingerprint density at radius 1 is 1.18 bits per heavy atom. The number of aryl methyl sites for hydroxylation is 1. The van der Waals surface area contributed by atoms with Crippen molar-refractivity contribution in [1.29, 1.82) is 0 Å². The van der Waals surface area contributed by atoms with E-state index in [0.717, 1.165) is 31.6 Å². The van der Waals surface area contributed by atoms with Gasteiger partial charge in [-0.2, -0.15) is 0 Å².